The second kappa shape index (κ2) is 23.7. The molecule has 7 aromatic rings. The Morgan fingerprint density at radius 3 is 2.40 bits per heavy atom. The molecule has 434 valence electrons. The number of phenolic OH excluding ortho intramolecular Hbond substituents is 1. The third-order valence-corrected chi connectivity index (χ3v) is 18.5. The van der Waals surface area contributed by atoms with Crippen LogP contribution in [-0.2, 0) is 9.59 Å². The summed E-state index contributed by atoms with van der Waals surface area (Å²) < 4.78 is 44.4. The SMILES string of the molecule is C#Cc1c(F)ccc2cc(O)cc(-c3ncc4c(N5CC6CCC(C5)N6)nc(OCCN5CCC(CN6CCN(c7cc(C(C(=O)N8C[C@H](O)C[C@H]8C(=O)NC(C)c8ccc(-c9scnc9C)cc8)C(C)C)on7)CC6)CC5)nc4c3F)c12. The number of hydrogen-bond acceptors (Lipinski definition) is 17. The van der Waals surface area contributed by atoms with Crippen LogP contribution in [0.15, 0.2) is 70.8 Å². The van der Waals surface area contributed by atoms with Gasteiger partial charge in [0.1, 0.15) is 47.2 Å². The Labute approximate surface area is 485 Å². The second-order valence-electron chi connectivity index (χ2n) is 23.5. The summed E-state index contributed by atoms with van der Waals surface area (Å²) in [4.78, 5) is 58.6. The predicted octanol–water partition coefficient (Wildman–Crippen LogP) is 7.66. The molecule has 18 nitrogen and oxygen atoms in total. The number of nitrogens with zero attached hydrogens (tertiary/aromatic N) is 10. The number of nitrogens with one attached hydrogen (secondary N) is 2. The summed E-state index contributed by atoms with van der Waals surface area (Å²) in [5.41, 5.74) is 4.79. The molecule has 2 amide bonds. The lowest BCUT2D eigenvalue weighted by Gasteiger charge is -2.38. The van der Waals surface area contributed by atoms with Gasteiger partial charge >= 0.3 is 6.01 Å². The van der Waals surface area contributed by atoms with Gasteiger partial charge < -0.3 is 44.8 Å². The minimum atomic E-state index is -0.829. The number of aromatic hydroxyl groups is 1. The van der Waals surface area contributed by atoms with Crippen LogP contribution in [0.3, 0.4) is 0 Å². The smallest absolute Gasteiger partial charge is 0.319 e. The highest BCUT2D eigenvalue weighted by atomic mass is 32.1. The van der Waals surface area contributed by atoms with Crippen molar-refractivity contribution >= 4 is 56.5 Å². The van der Waals surface area contributed by atoms with Crippen molar-refractivity contribution in [1.29, 1.82) is 0 Å². The molecule has 4 unspecified atom stereocenters. The highest BCUT2D eigenvalue weighted by molar-refractivity contribution is 7.13. The Morgan fingerprint density at radius 1 is 0.928 bits per heavy atom. The predicted molar refractivity (Wildman–Crippen MR) is 314 cm³/mol. The number of pyridine rings is 1. The first kappa shape index (κ1) is 56.1. The molecule has 5 aliphatic rings. The van der Waals surface area contributed by atoms with E-state index in [9.17, 15) is 19.8 Å². The molecular weight excluding hydrogens is 1080 g/mol. The van der Waals surface area contributed by atoms with Gasteiger partial charge in [-0.25, -0.2) is 13.8 Å². The molecule has 4 aromatic heterocycles. The van der Waals surface area contributed by atoms with Gasteiger partial charge in [0.05, 0.1) is 39.2 Å². The molecule has 0 spiro atoms. The first-order valence-electron chi connectivity index (χ1n) is 29.0. The number of carbonyl (C=O) groups is 2. The number of β-amino-alcohol motifs (C(OH)–C–C–N with tert-alkyl or cyclic N) is 1. The number of likely N-dealkylation sites (tertiary alicyclic amines) is 2. The Hall–Kier alpha value is -7.35. The Morgan fingerprint density at radius 2 is 1.69 bits per heavy atom. The van der Waals surface area contributed by atoms with E-state index in [2.05, 4.69) is 56.3 Å². The van der Waals surface area contributed by atoms with Gasteiger partial charge in [0.25, 0.3) is 0 Å². The maximum absolute atomic E-state index is 17.1. The summed E-state index contributed by atoms with van der Waals surface area (Å²) in [5, 5.41) is 33.9. The van der Waals surface area contributed by atoms with E-state index in [-0.39, 0.29) is 88.3 Å². The summed E-state index contributed by atoms with van der Waals surface area (Å²) in [7, 11) is 0. The average Bonchev–Trinajstić information content (AvgIpc) is 4.31. The second-order valence-corrected chi connectivity index (χ2v) is 24.3. The molecule has 0 aliphatic carbocycles. The van der Waals surface area contributed by atoms with Crippen molar-refractivity contribution in [3.05, 3.63) is 101 Å². The number of piperidine rings is 1. The van der Waals surface area contributed by atoms with Crippen LogP contribution >= 0.6 is 11.3 Å². The fourth-order valence-electron chi connectivity index (χ4n) is 13.1. The van der Waals surface area contributed by atoms with Crippen LogP contribution in [0.1, 0.15) is 87.4 Å². The van der Waals surface area contributed by atoms with Gasteiger partial charge in [0, 0.05) is 101 Å². The largest absolute Gasteiger partial charge is 0.508 e. The van der Waals surface area contributed by atoms with Gasteiger partial charge in [0.15, 0.2) is 17.4 Å². The highest BCUT2D eigenvalue weighted by Gasteiger charge is 2.44. The molecule has 2 bridgehead atoms. The quantitative estimate of drug-likeness (QED) is 0.0687. The van der Waals surface area contributed by atoms with E-state index in [1.165, 1.54) is 29.2 Å². The van der Waals surface area contributed by atoms with Crippen LogP contribution in [0.25, 0.3) is 43.4 Å². The summed E-state index contributed by atoms with van der Waals surface area (Å²) in [6.45, 7) is 16.2. The summed E-state index contributed by atoms with van der Waals surface area (Å²) in [6, 6.07) is 14.9. The number of rotatable bonds is 16. The highest BCUT2D eigenvalue weighted by Crippen LogP contribution is 2.40. The number of anilines is 2. The molecule has 21 heteroatoms. The summed E-state index contributed by atoms with van der Waals surface area (Å²) >= 11 is 1.59. The van der Waals surface area contributed by atoms with Gasteiger partial charge in [0.2, 0.25) is 11.8 Å². The van der Waals surface area contributed by atoms with Gasteiger partial charge in [-0.2, -0.15) is 9.97 Å². The molecule has 5 fully saturated rings. The standard InChI is InChI=1S/C62H70F2N12O6S/c1-6-46-49(63)14-11-41-25-44(77)26-47(54(41)46)56-55(64)57-48(29-65-56)59(75-31-42-12-13-43(32-75)68-42)70-62(69-57)81-24-23-72-17-15-38(16-18-72)30-73-19-21-74(22-20-73)52-28-51(82-71-52)53(35(2)3)61(80)76-33-45(78)27-50(76)60(79)67-36(4)39-7-9-40(10-8-39)58-37(5)66-34-83-58/h1,7-11,14,25-26,28-29,34-36,38,42-43,45,50,53,68,77-78H,12-13,15-24,27,30-33H2,2-5H3,(H,67,79)/t36?,42?,43?,45-,50+,53?/m1/s1. The molecule has 83 heavy (non-hydrogen) atoms. The lowest BCUT2D eigenvalue weighted by atomic mass is 9.91. The monoisotopic (exact) mass is 1150 g/mol. The molecule has 5 aliphatic heterocycles. The third-order valence-electron chi connectivity index (χ3n) is 17.6. The molecule has 5 saturated heterocycles. The lowest BCUT2D eigenvalue weighted by molar-refractivity contribution is -0.141. The fourth-order valence-corrected chi connectivity index (χ4v) is 13.9. The number of aliphatic hydroxyl groups is 1. The number of halogens is 2. The van der Waals surface area contributed by atoms with E-state index in [0.717, 1.165) is 93.2 Å². The Bertz CT molecular complexity index is 3570. The third kappa shape index (κ3) is 11.6. The topological polar surface area (TPSA) is 202 Å². The number of carbonyl (C=O) groups excluding carboxylic acids is 2. The van der Waals surface area contributed by atoms with Crippen molar-refractivity contribution in [2.24, 2.45) is 11.8 Å². The number of piperazine rings is 2. The molecule has 6 atom stereocenters. The number of hydrogen-bond donors (Lipinski definition) is 4. The minimum absolute atomic E-state index is 0.0134. The van der Waals surface area contributed by atoms with Crippen LogP contribution < -0.4 is 25.2 Å². The van der Waals surface area contributed by atoms with Crippen molar-refractivity contribution < 1.29 is 37.8 Å². The maximum Gasteiger partial charge on any atom is 0.319 e. The van der Waals surface area contributed by atoms with Crippen LogP contribution in [0, 0.1) is 42.7 Å². The molecule has 3 aromatic carbocycles. The van der Waals surface area contributed by atoms with Gasteiger partial charge in [-0.1, -0.05) is 55.3 Å². The van der Waals surface area contributed by atoms with E-state index in [0.29, 0.717) is 60.3 Å². The van der Waals surface area contributed by atoms with Crippen LogP contribution in [0.4, 0.5) is 20.4 Å². The van der Waals surface area contributed by atoms with Gasteiger partial charge in [-0.3, -0.25) is 24.4 Å². The number of benzene rings is 3. The number of thiazole rings is 1. The molecule has 0 saturated carbocycles. The molecule has 9 heterocycles. The lowest BCUT2D eigenvalue weighted by Crippen LogP contribution is -2.51. The average molecular weight is 1150 g/mol. The van der Waals surface area contributed by atoms with Crippen LogP contribution in [-0.4, -0.2) is 165 Å². The van der Waals surface area contributed by atoms with Gasteiger partial charge in [-0.15, -0.1) is 17.8 Å². The molecular formula is C62H70F2N12O6S. The van der Waals surface area contributed by atoms with Crippen LogP contribution in [0.2, 0.25) is 0 Å². The number of amides is 2. The zero-order chi connectivity index (χ0) is 57.6. The normalized spacial score (nSPS) is 21.5. The summed E-state index contributed by atoms with van der Waals surface area (Å²) in [5.74, 6) is 1.64. The number of ether oxygens (including phenoxy) is 1. The van der Waals surface area contributed by atoms with Crippen molar-refractivity contribution in [1.82, 2.24) is 50.4 Å². The number of aromatic nitrogens is 5. The maximum atomic E-state index is 17.1. The first-order valence-corrected chi connectivity index (χ1v) is 29.9. The van der Waals surface area contributed by atoms with Gasteiger partial charge in [-0.05, 0) is 99.2 Å². The van der Waals surface area contributed by atoms with Crippen molar-refractivity contribution in [3.63, 3.8) is 0 Å². The molecule has 12 rings (SSSR count). The number of terminal acetylenes is 1. The minimum Gasteiger partial charge on any atom is -0.508 e. The van der Waals surface area contributed by atoms with Crippen LogP contribution in [0.5, 0.6) is 11.8 Å². The van der Waals surface area contributed by atoms with E-state index in [4.69, 9.17) is 20.7 Å². The number of fused-ring (bicyclic) bond motifs is 4. The number of aryl methyl sites for hydroxylation is 1. The van der Waals surface area contributed by atoms with E-state index in [1.54, 1.807) is 17.5 Å². The van der Waals surface area contributed by atoms with E-state index >= 15 is 8.78 Å². The van der Waals surface area contributed by atoms with E-state index < -0.39 is 29.7 Å². The summed E-state index contributed by atoms with van der Waals surface area (Å²) in [6.07, 6.45) is 10.8. The molecule has 4 N–H and O–H groups in total. The first-order chi connectivity index (χ1) is 40.2. The number of aliphatic hydroxyl groups excluding tert-OH is 1. The number of phenols is 1. The van der Waals surface area contributed by atoms with Crippen molar-refractivity contribution in [2.45, 2.75) is 96.0 Å². The molecule has 0 radical (unpaired) electrons. The Kier molecular flexibility index (Phi) is 16.0. The zero-order valence-corrected chi connectivity index (χ0v) is 48.0. The van der Waals surface area contributed by atoms with Crippen molar-refractivity contribution in [2.75, 3.05) is 88.4 Å². The zero-order valence-electron chi connectivity index (χ0n) is 47.2. The Balaban J connectivity index is 0.638. The fraction of sp³-hybridized carbons (Fsp3) is 0.468. The van der Waals surface area contributed by atoms with E-state index in [1.807, 2.05) is 63.5 Å². The van der Waals surface area contributed by atoms with Crippen molar-refractivity contribution in [3.8, 4) is 45.8 Å².